The number of carbonyl (C=O) groups is 1. The number of carbonyl (C=O) groups excluding carboxylic acids is 1. The summed E-state index contributed by atoms with van der Waals surface area (Å²) in [5.74, 6) is 2.85. The third kappa shape index (κ3) is 3.42. The number of hydrogen-bond acceptors (Lipinski definition) is 4. The molecule has 0 unspecified atom stereocenters. The Labute approximate surface area is 187 Å². The van der Waals surface area contributed by atoms with Crippen LogP contribution in [0.5, 0.6) is 0 Å². The zero-order valence-electron chi connectivity index (χ0n) is 19.1. The normalized spacial score (nSPS) is 42.5. The number of Topliss-reactive ketones (excluding diaryl/α,β-unsaturated/α-hetero) is 1. The number of aryl methyl sites for hydroxylation is 1. The summed E-state index contributed by atoms with van der Waals surface area (Å²) >= 11 is 0. The smallest absolute Gasteiger partial charge is 0.297 e. The maximum absolute atomic E-state index is 13.0. The quantitative estimate of drug-likeness (QED) is 0.563. The number of ketones is 1. The molecule has 4 saturated carbocycles. The van der Waals surface area contributed by atoms with E-state index in [9.17, 15) is 13.2 Å². The van der Waals surface area contributed by atoms with Gasteiger partial charge in [-0.3, -0.25) is 8.98 Å². The van der Waals surface area contributed by atoms with Gasteiger partial charge in [-0.15, -0.1) is 0 Å². The molecule has 170 valence electrons. The molecule has 5 rings (SSSR count). The predicted octanol–water partition coefficient (Wildman–Crippen LogP) is 5.68. The molecule has 0 saturated heterocycles. The summed E-state index contributed by atoms with van der Waals surface area (Å²) in [4.78, 5) is 12.4. The van der Waals surface area contributed by atoms with Crippen molar-refractivity contribution in [2.75, 3.05) is 0 Å². The van der Waals surface area contributed by atoms with E-state index in [0.29, 0.717) is 29.5 Å². The lowest BCUT2D eigenvalue weighted by Crippen LogP contribution is -2.54. The van der Waals surface area contributed by atoms with Gasteiger partial charge in [0.25, 0.3) is 10.1 Å². The fraction of sp³-hybridized carbons (Fsp3) is 0.731. The van der Waals surface area contributed by atoms with E-state index in [-0.39, 0.29) is 21.8 Å². The van der Waals surface area contributed by atoms with Gasteiger partial charge in [0.1, 0.15) is 5.78 Å². The minimum absolute atomic E-state index is 0.0768. The molecule has 0 aliphatic heterocycles. The summed E-state index contributed by atoms with van der Waals surface area (Å²) in [5, 5.41) is 0. The topological polar surface area (TPSA) is 60.4 Å². The second-order valence-corrected chi connectivity index (χ2v) is 12.9. The summed E-state index contributed by atoms with van der Waals surface area (Å²) in [6, 6.07) is 6.97. The Morgan fingerprint density at radius 3 is 2.35 bits per heavy atom. The average molecular weight is 445 g/mol. The predicted molar refractivity (Wildman–Crippen MR) is 120 cm³/mol. The molecule has 0 N–H and O–H groups in total. The van der Waals surface area contributed by atoms with Crippen molar-refractivity contribution < 1.29 is 17.4 Å². The Morgan fingerprint density at radius 1 is 0.903 bits per heavy atom. The largest absolute Gasteiger partial charge is 0.300 e. The van der Waals surface area contributed by atoms with Crippen LogP contribution in [0, 0.1) is 41.4 Å². The lowest BCUT2D eigenvalue weighted by atomic mass is 9.45. The van der Waals surface area contributed by atoms with Gasteiger partial charge in [0, 0.05) is 12.8 Å². The van der Waals surface area contributed by atoms with Crippen LogP contribution in [0.4, 0.5) is 0 Å². The van der Waals surface area contributed by atoms with Gasteiger partial charge in [0.2, 0.25) is 0 Å². The molecule has 1 aromatic carbocycles. The molecule has 31 heavy (non-hydrogen) atoms. The molecule has 4 fully saturated rings. The summed E-state index contributed by atoms with van der Waals surface area (Å²) in [6.07, 6.45) is 8.75. The van der Waals surface area contributed by atoms with Gasteiger partial charge in [-0.2, -0.15) is 8.42 Å². The van der Waals surface area contributed by atoms with Gasteiger partial charge < -0.3 is 0 Å². The van der Waals surface area contributed by atoms with Crippen LogP contribution >= 0.6 is 0 Å². The zero-order chi connectivity index (χ0) is 22.0. The number of fused-ring (bicyclic) bond motifs is 5. The van der Waals surface area contributed by atoms with Crippen molar-refractivity contribution in [3.63, 3.8) is 0 Å². The van der Waals surface area contributed by atoms with Crippen LogP contribution in [0.2, 0.25) is 0 Å². The van der Waals surface area contributed by atoms with Crippen molar-refractivity contribution in [2.24, 2.45) is 34.5 Å². The Bertz CT molecular complexity index is 968. The zero-order valence-corrected chi connectivity index (χ0v) is 19.9. The van der Waals surface area contributed by atoms with Crippen LogP contribution in [0.1, 0.15) is 77.2 Å². The molecule has 5 heteroatoms. The molecule has 0 spiro atoms. The summed E-state index contributed by atoms with van der Waals surface area (Å²) in [5.41, 5.74) is 1.25. The Kier molecular flexibility index (Phi) is 5.17. The fourth-order valence-corrected chi connectivity index (χ4v) is 9.27. The van der Waals surface area contributed by atoms with Gasteiger partial charge in [-0.25, -0.2) is 0 Å². The monoisotopic (exact) mass is 444 g/mol. The minimum Gasteiger partial charge on any atom is -0.300 e. The van der Waals surface area contributed by atoms with Crippen LogP contribution < -0.4 is 0 Å². The molecular formula is C26H36O4S. The summed E-state index contributed by atoms with van der Waals surface area (Å²) in [6.45, 7) is 6.69. The maximum atomic E-state index is 13.0. The lowest BCUT2D eigenvalue weighted by molar-refractivity contribution is -0.140. The number of rotatable bonds is 3. The van der Waals surface area contributed by atoms with Crippen molar-refractivity contribution in [1.82, 2.24) is 0 Å². The average Bonchev–Trinajstić information content (AvgIpc) is 3.04. The third-order valence-electron chi connectivity index (χ3n) is 9.95. The highest BCUT2D eigenvalue weighted by molar-refractivity contribution is 7.86. The van der Waals surface area contributed by atoms with Crippen LogP contribution in [-0.2, 0) is 19.1 Å². The highest BCUT2D eigenvalue weighted by Gasteiger charge is 2.61. The van der Waals surface area contributed by atoms with Gasteiger partial charge >= 0.3 is 0 Å². The molecule has 0 amide bonds. The van der Waals surface area contributed by atoms with E-state index < -0.39 is 10.1 Å². The molecule has 4 aliphatic rings. The molecule has 7 atom stereocenters. The van der Waals surface area contributed by atoms with E-state index in [2.05, 4.69) is 13.8 Å². The van der Waals surface area contributed by atoms with Crippen molar-refractivity contribution in [1.29, 1.82) is 0 Å². The highest BCUT2D eigenvalue weighted by atomic mass is 32.2. The summed E-state index contributed by atoms with van der Waals surface area (Å²) < 4.78 is 32.0. The molecule has 4 nitrogen and oxygen atoms in total. The standard InChI is InChI=1S/C26H36O4S/c1-17-4-7-20(8-5-17)31(28,29)30-24-11-10-22-21-9-6-18-16-19(27)12-14-25(18,2)23(21)13-15-26(22,24)3/h4-5,7-8,18,21-24H,6,9-16H2,1-3H3/t18-,21+,22+,23+,24-,25-,26-/m0/s1. The molecule has 4 aliphatic carbocycles. The van der Waals surface area contributed by atoms with E-state index in [1.807, 2.05) is 19.1 Å². The fourth-order valence-electron chi connectivity index (χ4n) is 8.07. The second-order valence-electron chi connectivity index (χ2n) is 11.4. The Balaban J connectivity index is 1.37. The maximum Gasteiger partial charge on any atom is 0.297 e. The first-order valence-corrected chi connectivity index (χ1v) is 13.6. The van der Waals surface area contributed by atoms with Gasteiger partial charge in [0.05, 0.1) is 11.0 Å². The Hall–Kier alpha value is -1.20. The second kappa shape index (κ2) is 7.41. The van der Waals surface area contributed by atoms with E-state index in [0.717, 1.165) is 56.9 Å². The van der Waals surface area contributed by atoms with E-state index >= 15 is 0 Å². The molecule has 0 radical (unpaired) electrons. The van der Waals surface area contributed by atoms with Crippen LogP contribution in [0.25, 0.3) is 0 Å². The van der Waals surface area contributed by atoms with Crippen LogP contribution in [0.15, 0.2) is 29.2 Å². The number of benzene rings is 1. The SMILES string of the molecule is Cc1ccc(S(=O)(=O)O[C@H]2CC[C@@H]3[C@H]4CC[C@H]5CC(=O)CC[C@]5(C)[C@@H]4CC[C@]23C)cc1. The van der Waals surface area contributed by atoms with Gasteiger partial charge in [-0.1, -0.05) is 31.5 Å². The van der Waals surface area contributed by atoms with Crippen molar-refractivity contribution in [3.8, 4) is 0 Å². The number of hydrogen-bond donors (Lipinski definition) is 0. The highest BCUT2D eigenvalue weighted by Crippen LogP contribution is 2.66. The van der Waals surface area contributed by atoms with E-state index in [1.165, 1.54) is 6.42 Å². The first kappa shape index (κ1) is 21.6. The van der Waals surface area contributed by atoms with Crippen LogP contribution in [-0.4, -0.2) is 20.3 Å². The first-order valence-electron chi connectivity index (χ1n) is 12.2. The third-order valence-corrected chi connectivity index (χ3v) is 11.3. The van der Waals surface area contributed by atoms with Gasteiger partial charge in [0.15, 0.2) is 0 Å². The van der Waals surface area contributed by atoms with Crippen molar-refractivity contribution >= 4 is 15.9 Å². The van der Waals surface area contributed by atoms with Crippen LogP contribution in [0.3, 0.4) is 0 Å². The minimum atomic E-state index is -3.75. The molecule has 0 heterocycles. The molecule has 0 bridgehead atoms. The van der Waals surface area contributed by atoms with Crippen molar-refractivity contribution in [2.45, 2.75) is 89.6 Å². The molecule has 1 aromatic rings. The van der Waals surface area contributed by atoms with Gasteiger partial charge in [-0.05, 0) is 98.5 Å². The summed E-state index contributed by atoms with van der Waals surface area (Å²) in [7, 11) is -3.75. The van der Waals surface area contributed by atoms with E-state index in [4.69, 9.17) is 4.18 Å². The van der Waals surface area contributed by atoms with E-state index in [1.54, 1.807) is 12.1 Å². The first-order chi connectivity index (χ1) is 14.6. The van der Waals surface area contributed by atoms with Crippen molar-refractivity contribution in [3.05, 3.63) is 29.8 Å². The Morgan fingerprint density at radius 2 is 1.61 bits per heavy atom. The molecule has 0 aromatic heterocycles. The molecular weight excluding hydrogens is 408 g/mol. The lowest BCUT2D eigenvalue weighted by Gasteiger charge is -2.60.